The lowest BCUT2D eigenvalue weighted by Crippen LogP contribution is -2.10. The molecule has 0 amide bonds. The Hall–Kier alpha value is -2.63. The number of rotatable bonds is 3. The molecule has 6 nitrogen and oxygen atoms in total. The predicted molar refractivity (Wildman–Crippen MR) is 66.7 cm³/mol. The summed E-state index contributed by atoms with van der Waals surface area (Å²) in [7, 11) is 2.50. The van der Waals surface area contributed by atoms with Crippen LogP contribution in [-0.2, 0) is 9.47 Å². The van der Waals surface area contributed by atoms with Gasteiger partial charge in [0.15, 0.2) is 0 Å². The van der Waals surface area contributed by atoms with E-state index in [1.807, 2.05) is 0 Å². The molecule has 6 heteroatoms. The quantitative estimate of drug-likeness (QED) is 0.848. The van der Waals surface area contributed by atoms with Crippen LogP contribution in [0.2, 0.25) is 0 Å². The number of carbonyl (C=O) groups excluding carboxylic acids is 2. The Balaban J connectivity index is 2.60. The summed E-state index contributed by atoms with van der Waals surface area (Å²) in [6.07, 6.45) is 4.62. The van der Waals surface area contributed by atoms with E-state index in [4.69, 9.17) is 4.74 Å². The molecule has 2 rings (SSSR count). The highest BCUT2D eigenvalue weighted by molar-refractivity contribution is 6.07. The van der Waals surface area contributed by atoms with Crippen molar-refractivity contribution in [3.05, 3.63) is 41.9 Å². The molecule has 0 saturated carbocycles. The third kappa shape index (κ3) is 2.33. The van der Waals surface area contributed by atoms with Gasteiger partial charge in [0.25, 0.3) is 0 Å². The van der Waals surface area contributed by atoms with Crippen LogP contribution in [0.4, 0.5) is 0 Å². The van der Waals surface area contributed by atoms with Crippen molar-refractivity contribution in [1.82, 2.24) is 9.97 Å². The Kier molecular flexibility index (Phi) is 3.61. The summed E-state index contributed by atoms with van der Waals surface area (Å²) in [6.45, 7) is 0. The summed E-state index contributed by atoms with van der Waals surface area (Å²) in [5, 5.41) is 0. The minimum Gasteiger partial charge on any atom is -0.465 e. The molecular weight excluding hydrogens is 248 g/mol. The molecule has 0 unspecified atom stereocenters. The van der Waals surface area contributed by atoms with Gasteiger partial charge in [0.1, 0.15) is 0 Å². The lowest BCUT2D eigenvalue weighted by molar-refractivity contribution is 0.0557. The average Bonchev–Trinajstić information content (AvgIpc) is 2.91. The SMILES string of the molecule is COC(=O)c1c[nH]c(-c2cccnc2)c1C(=O)OC. The van der Waals surface area contributed by atoms with Crippen molar-refractivity contribution in [2.24, 2.45) is 0 Å². The largest absolute Gasteiger partial charge is 0.465 e. The van der Waals surface area contributed by atoms with E-state index in [0.717, 1.165) is 0 Å². The first-order valence-electron chi connectivity index (χ1n) is 5.47. The maximum atomic E-state index is 11.8. The number of aromatic nitrogens is 2. The number of ether oxygens (including phenoxy) is 2. The summed E-state index contributed by atoms with van der Waals surface area (Å²) < 4.78 is 9.34. The van der Waals surface area contributed by atoms with Crippen molar-refractivity contribution in [1.29, 1.82) is 0 Å². The van der Waals surface area contributed by atoms with Crippen LogP contribution in [0.15, 0.2) is 30.7 Å². The minimum absolute atomic E-state index is 0.133. The topological polar surface area (TPSA) is 81.3 Å². The lowest BCUT2D eigenvalue weighted by atomic mass is 10.1. The number of H-pyrrole nitrogens is 1. The molecule has 0 aliphatic rings. The summed E-state index contributed by atoms with van der Waals surface area (Å²) >= 11 is 0. The van der Waals surface area contributed by atoms with Gasteiger partial charge in [-0.15, -0.1) is 0 Å². The summed E-state index contributed by atoms with van der Waals surface area (Å²) in [5.41, 5.74) is 1.42. The van der Waals surface area contributed by atoms with Crippen LogP contribution in [0.5, 0.6) is 0 Å². The van der Waals surface area contributed by atoms with Crippen LogP contribution in [0, 0.1) is 0 Å². The predicted octanol–water partition coefficient (Wildman–Crippen LogP) is 1.65. The molecule has 1 N–H and O–H groups in total. The number of esters is 2. The van der Waals surface area contributed by atoms with Crippen LogP contribution in [0.3, 0.4) is 0 Å². The number of hydrogen-bond acceptors (Lipinski definition) is 5. The van der Waals surface area contributed by atoms with Crippen LogP contribution in [0.1, 0.15) is 20.7 Å². The van der Waals surface area contributed by atoms with Crippen LogP contribution in [-0.4, -0.2) is 36.1 Å². The Morgan fingerprint density at radius 1 is 1.21 bits per heavy atom. The van der Waals surface area contributed by atoms with E-state index in [0.29, 0.717) is 11.3 Å². The number of nitrogens with zero attached hydrogens (tertiary/aromatic N) is 1. The van der Waals surface area contributed by atoms with Crippen LogP contribution >= 0.6 is 0 Å². The number of carbonyl (C=O) groups is 2. The van der Waals surface area contributed by atoms with E-state index in [1.54, 1.807) is 24.5 Å². The molecule has 0 aromatic carbocycles. The van der Waals surface area contributed by atoms with Crippen molar-refractivity contribution >= 4 is 11.9 Å². The van der Waals surface area contributed by atoms with Gasteiger partial charge in [-0.05, 0) is 12.1 Å². The van der Waals surface area contributed by atoms with Gasteiger partial charge in [0.05, 0.1) is 31.0 Å². The number of pyridine rings is 1. The molecule has 0 fully saturated rings. The zero-order valence-electron chi connectivity index (χ0n) is 10.5. The van der Waals surface area contributed by atoms with Gasteiger partial charge >= 0.3 is 11.9 Å². The van der Waals surface area contributed by atoms with Gasteiger partial charge in [-0.3, -0.25) is 4.98 Å². The van der Waals surface area contributed by atoms with Crippen molar-refractivity contribution in [2.75, 3.05) is 14.2 Å². The fourth-order valence-electron chi connectivity index (χ4n) is 1.75. The van der Waals surface area contributed by atoms with E-state index in [9.17, 15) is 9.59 Å². The number of nitrogens with one attached hydrogen (secondary N) is 1. The van der Waals surface area contributed by atoms with Gasteiger partial charge in [0.2, 0.25) is 0 Å². The smallest absolute Gasteiger partial charge is 0.340 e. The van der Waals surface area contributed by atoms with Crippen molar-refractivity contribution in [3.8, 4) is 11.3 Å². The Bertz CT molecular complexity index is 604. The van der Waals surface area contributed by atoms with Crippen molar-refractivity contribution < 1.29 is 19.1 Å². The normalized spacial score (nSPS) is 10.0. The molecule has 0 aliphatic heterocycles. The fourth-order valence-corrected chi connectivity index (χ4v) is 1.75. The zero-order valence-corrected chi connectivity index (χ0v) is 10.5. The third-order valence-electron chi connectivity index (χ3n) is 2.63. The van der Waals surface area contributed by atoms with E-state index in [1.165, 1.54) is 20.4 Å². The van der Waals surface area contributed by atoms with Crippen molar-refractivity contribution in [2.45, 2.75) is 0 Å². The first kappa shape index (κ1) is 12.8. The molecule has 98 valence electrons. The maximum absolute atomic E-state index is 11.8. The van der Waals surface area contributed by atoms with Gasteiger partial charge in [-0.25, -0.2) is 9.59 Å². The first-order valence-corrected chi connectivity index (χ1v) is 5.47. The summed E-state index contributed by atoms with van der Waals surface area (Å²) in [4.78, 5) is 30.3. The summed E-state index contributed by atoms with van der Waals surface area (Å²) in [6, 6.07) is 3.50. The van der Waals surface area contributed by atoms with Crippen LogP contribution < -0.4 is 0 Å². The second-order valence-corrected chi connectivity index (χ2v) is 3.68. The second-order valence-electron chi connectivity index (χ2n) is 3.68. The first-order chi connectivity index (χ1) is 9.19. The number of hydrogen-bond donors (Lipinski definition) is 1. The molecular formula is C13H12N2O4. The van der Waals surface area contributed by atoms with Crippen molar-refractivity contribution in [3.63, 3.8) is 0 Å². The molecule has 2 aromatic rings. The molecule has 0 saturated heterocycles. The van der Waals surface area contributed by atoms with E-state index < -0.39 is 11.9 Å². The van der Waals surface area contributed by atoms with Crippen LogP contribution in [0.25, 0.3) is 11.3 Å². The van der Waals surface area contributed by atoms with Gasteiger partial charge < -0.3 is 14.5 Å². The highest BCUT2D eigenvalue weighted by Gasteiger charge is 2.25. The standard InChI is InChI=1S/C13H12N2O4/c1-18-12(16)9-7-15-11(10(9)13(17)19-2)8-4-3-5-14-6-8/h3-7,15H,1-2H3. The summed E-state index contributed by atoms with van der Waals surface area (Å²) in [5.74, 6) is -1.22. The molecule has 2 aromatic heterocycles. The van der Waals surface area contributed by atoms with E-state index in [2.05, 4.69) is 14.7 Å². The zero-order chi connectivity index (χ0) is 13.8. The number of methoxy groups -OCH3 is 2. The fraction of sp³-hybridized carbons (Fsp3) is 0.154. The monoisotopic (exact) mass is 260 g/mol. The van der Waals surface area contributed by atoms with E-state index in [-0.39, 0.29) is 11.1 Å². The highest BCUT2D eigenvalue weighted by atomic mass is 16.5. The van der Waals surface area contributed by atoms with Gasteiger partial charge in [-0.2, -0.15) is 0 Å². The third-order valence-corrected chi connectivity index (χ3v) is 2.63. The maximum Gasteiger partial charge on any atom is 0.340 e. The highest BCUT2D eigenvalue weighted by Crippen LogP contribution is 2.26. The number of aromatic amines is 1. The minimum atomic E-state index is -0.611. The Morgan fingerprint density at radius 3 is 2.53 bits per heavy atom. The molecule has 0 spiro atoms. The molecule has 0 aliphatic carbocycles. The lowest BCUT2D eigenvalue weighted by Gasteiger charge is -2.04. The molecule has 0 radical (unpaired) electrons. The second kappa shape index (κ2) is 5.34. The Morgan fingerprint density at radius 2 is 1.95 bits per heavy atom. The molecule has 2 heterocycles. The average molecular weight is 260 g/mol. The molecule has 0 bridgehead atoms. The van der Waals surface area contributed by atoms with Gasteiger partial charge in [0, 0.05) is 24.2 Å². The molecule has 0 atom stereocenters. The molecule has 19 heavy (non-hydrogen) atoms. The van der Waals surface area contributed by atoms with E-state index >= 15 is 0 Å². The van der Waals surface area contributed by atoms with Gasteiger partial charge in [-0.1, -0.05) is 0 Å². The Labute approximate surface area is 109 Å².